The van der Waals surface area contributed by atoms with Gasteiger partial charge in [-0.3, -0.25) is 4.79 Å². The molecule has 2 rings (SSSR count). The van der Waals surface area contributed by atoms with E-state index in [2.05, 4.69) is 15.5 Å². The van der Waals surface area contributed by atoms with Crippen LogP contribution in [-0.2, 0) is 11.3 Å². The van der Waals surface area contributed by atoms with Crippen molar-refractivity contribution in [2.24, 2.45) is 5.92 Å². The zero-order chi connectivity index (χ0) is 13.0. The number of hydrogen-bond acceptors (Lipinski definition) is 5. The Kier molecular flexibility index (Phi) is 3.76. The molecular weight excluding hydrogens is 234 g/mol. The molecule has 0 aliphatic heterocycles. The standard InChI is InChI=1S/C12H15N3O3/c1-8(2)6-11(16)13-7-10-14-12(18-15-10)9-4-3-5-17-9/h3-5,8H,6-7H2,1-2H3,(H,13,16). The molecule has 0 aromatic carbocycles. The summed E-state index contributed by atoms with van der Waals surface area (Å²) in [6.07, 6.45) is 2.02. The van der Waals surface area contributed by atoms with Crippen molar-refractivity contribution in [3.8, 4) is 11.7 Å². The fourth-order valence-corrected chi connectivity index (χ4v) is 1.45. The van der Waals surface area contributed by atoms with E-state index in [0.29, 0.717) is 29.8 Å². The Labute approximate surface area is 104 Å². The van der Waals surface area contributed by atoms with Crippen LogP contribution in [-0.4, -0.2) is 16.0 Å². The van der Waals surface area contributed by atoms with Crippen molar-refractivity contribution in [2.45, 2.75) is 26.8 Å². The number of hydrogen-bond donors (Lipinski definition) is 1. The van der Waals surface area contributed by atoms with Gasteiger partial charge in [0, 0.05) is 6.42 Å². The van der Waals surface area contributed by atoms with E-state index >= 15 is 0 Å². The summed E-state index contributed by atoms with van der Waals surface area (Å²) < 4.78 is 10.1. The molecule has 2 aromatic heterocycles. The third kappa shape index (κ3) is 3.19. The van der Waals surface area contributed by atoms with Gasteiger partial charge in [-0.25, -0.2) is 0 Å². The van der Waals surface area contributed by atoms with Crippen LogP contribution in [0.3, 0.4) is 0 Å². The Balaban J connectivity index is 1.89. The Hall–Kier alpha value is -2.11. The first kappa shape index (κ1) is 12.3. The minimum absolute atomic E-state index is 0.0191. The number of nitrogens with one attached hydrogen (secondary N) is 1. The van der Waals surface area contributed by atoms with Gasteiger partial charge in [-0.05, 0) is 18.1 Å². The van der Waals surface area contributed by atoms with Crippen LogP contribution in [0.4, 0.5) is 0 Å². The summed E-state index contributed by atoms with van der Waals surface area (Å²) in [6, 6.07) is 3.47. The molecule has 0 atom stereocenters. The van der Waals surface area contributed by atoms with Crippen molar-refractivity contribution in [2.75, 3.05) is 0 Å². The number of amides is 1. The smallest absolute Gasteiger partial charge is 0.293 e. The van der Waals surface area contributed by atoms with Crippen LogP contribution >= 0.6 is 0 Å². The largest absolute Gasteiger partial charge is 0.459 e. The fraction of sp³-hybridized carbons (Fsp3) is 0.417. The monoisotopic (exact) mass is 249 g/mol. The van der Waals surface area contributed by atoms with Crippen LogP contribution in [0.15, 0.2) is 27.3 Å². The summed E-state index contributed by atoms with van der Waals surface area (Å²) in [7, 11) is 0. The summed E-state index contributed by atoms with van der Waals surface area (Å²) in [4.78, 5) is 15.6. The highest BCUT2D eigenvalue weighted by molar-refractivity contribution is 5.75. The van der Waals surface area contributed by atoms with Crippen molar-refractivity contribution in [3.05, 3.63) is 24.2 Å². The van der Waals surface area contributed by atoms with E-state index in [1.165, 1.54) is 6.26 Å². The molecule has 18 heavy (non-hydrogen) atoms. The maximum absolute atomic E-state index is 11.4. The lowest BCUT2D eigenvalue weighted by atomic mass is 10.1. The predicted molar refractivity (Wildman–Crippen MR) is 63.3 cm³/mol. The molecular formula is C12H15N3O3. The van der Waals surface area contributed by atoms with E-state index in [0.717, 1.165) is 0 Å². The number of rotatable bonds is 5. The van der Waals surface area contributed by atoms with Crippen LogP contribution in [0.2, 0.25) is 0 Å². The van der Waals surface area contributed by atoms with Crippen molar-refractivity contribution in [3.63, 3.8) is 0 Å². The highest BCUT2D eigenvalue weighted by Gasteiger charge is 2.12. The average Bonchev–Trinajstić information content (AvgIpc) is 2.96. The Morgan fingerprint density at radius 2 is 2.33 bits per heavy atom. The van der Waals surface area contributed by atoms with Gasteiger partial charge in [0.15, 0.2) is 11.6 Å². The van der Waals surface area contributed by atoms with Crippen molar-refractivity contribution in [1.82, 2.24) is 15.5 Å². The van der Waals surface area contributed by atoms with E-state index in [1.54, 1.807) is 12.1 Å². The molecule has 0 fully saturated rings. The number of aromatic nitrogens is 2. The summed E-state index contributed by atoms with van der Waals surface area (Å²) in [6.45, 7) is 4.24. The quantitative estimate of drug-likeness (QED) is 0.876. The summed E-state index contributed by atoms with van der Waals surface area (Å²) in [5, 5.41) is 6.50. The molecule has 0 bridgehead atoms. The van der Waals surface area contributed by atoms with Gasteiger partial charge in [0.25, 0.3) is 5.89 Å². The van der Waals surface area contributed by atoms with Crippen molar-refractivity contribution >= 4 is 5.91 Å². The normalized spacial score (nSPS) is 10.8. The Bertz CT molecular complexity index is 502. The second-order valence-corrected chi connectivity index (χ2v) is 4.37. The van der Waals surface area contributed by atoms with E-state index in [-0.39, 0.29) is 12.5 Å². The predicted octanol–water partition coefficient (Wildman–Crippen LogP) is 1.99. The first-order valence-corrected chi connectivity index (χ1v) is 5.78. The highest BCUT2D eigenvalue weighted by atomic mass is 16.5. The zero-order valence-electron chi connectivity index (χ0n) is 10.3. The van der Waals surface area contributed by atoms with Gasteiger partial charge in [0.2, 0.25) is 5.91 Å². The highest BCUT2D eigenvalue weighted by Crippen LogP contribution is 2.16. The number of nitrogens with zero attached hydrogens (tertiary/aromatic N) is 2. The van der Waals surface area contributed by atoms with Gasteiger partial charge in [0.1, 0.15) is 0 Å². The Morgan fingerprint density at radius 1 is 1.50 bits per heavy atom. The Morgan fingerprint density at radius 3 is 3.00 bits per heavy atom. The molecule has 1 N–H and O–H groups in total. The van der Waals surface area contributed by atoms with E-state index < -0.39 is 0 Å². The van der Waals surface area contributed by atoms with Crippen LogP contribution in [0.25, 0.3) is 11.7 Å². The van der Waals surface area contributed by atoms with Gasteiger partial charge in [-0.1, -0.05) is 19.0 Å². The summed E-state index contributed by atoms with van der Waals surface area (Å²) >= 11 is 0. The van der Waals surface area contributed by atoms with Crippen LogP contribution < -0.4 is 5.32 Å². The third-order valence-corrected chi connectivity index (χ3v) is 2.24. The maximum Gasteiger partial charge on any atom is 0.293 e. The average molecular weight is 249 g/mol. The number of carbonyl (C=O) groups excluding carboxylic acids is 1. The van der Waals surface area contributed by atoms with Gasteiger partial charge < -0.3 is 14.3 Å². The molecule has 2 aromatic rings. The van der Waals surface area contributed by atoms with Gasteiger partial charge in [0.05, 0.1) is 12.8 Å². The molecule has 6 nitrogen and oxygen atoms in total. The zero-order valence-corrected chi connectivity index (χ0v) is 10.3. The van der Waals surface area contributed by atoms with Crippen LogP contribution in [0, 0.1) is 5.92 Å². The fourth-order valence-electron chi connectivity index (χ4n) is 1.45. The number of furan rings is 1. The van der Waals surface area contributed by atoms with Crippen LogP contribution in [0.1, 0.15) is 26.1 Å². The minimum Gasteiger partial charge on any atom is -0.459 e. The van der Waals surface area contributed by atoms with Gasteiger partial charge >= 0.3 is 0 Å². The van der Waals surface area contributed by atoms with Crippen LogP contribution in [0.5, 0.6) is 0 Å². The maximum atomic E-state index is 11.4. The molecule has 96 valence electrons. The molecule has 0 saturated heterocycles. The molecule has 0 radical (unpaired) electrons. The van der Waals surface area contributed by atoms with Crippen molar-refractivity contribution < 1.29 is 13.7 Å². The first-order chi connectivity index (χ1) is 8.65. The molecule has 2 heterocycles. The van der Waals surface area contributed by atoms with E-state index in [1.807, 2.05) is 13.8 Å². The SMILES string of the molecule is CC(C)CC(=O)NCc1noc(-c2ccco2)n1. The molecule has 0 aliphatic rings. The van der Waals surface area contributed by atoms with Gasteiger partial charge in [-0.15, -0.1) is 0 Å². The molecule has 6 heteroatoms. The summed E-state index contributed by atoms with van der Waals surface area (Å²) in [5.41, 5.74) is 0. The molecule has 0 saturated carbocycles. The second-order valence-electron chi connectivity index (χ2n) is 4.37. The van der Waals surface area contributed by atoms with E-state index in [9.17, 15) is 4.79 Å². The lowest BCUT2D eigenvalue weighted by Crippen LogP contribution is -2.24. The molecule has 1 amide bonds. The number of carbonyl (C=O) groups is 1. The lowest BCUT2D eigenvalue weighted by Gasteiger charge is -2.04. The van der Waals surface area contributed by atoms with E-state index in [4.69, 9.17) is 8.94 Å². The van der Waals surface area contributed by atoms with Crippen molar-refractivity contribution in [1.29, 1.82) is 0 Å². The topological polar surface area (TPSA) is 81.2 Å². The second kappa shape index (κ2) is 5.48. The molecule has 0 spiro atoms. The molecule has 0 aliphatic carbocycles. The van der Waals surface area contributed by atoms with Gasteiger partial charge in [-0.2, -0.15) is 4.98 Å². The third-order valence-electron chi connectivity index (χ3n) is 2.24. The molecule has 0 unspecified atom stereocenters. The minimum atomic E-state index is -0.0191. The first-order valence-electron chi connectivity index (χ1n) is 5.78. The lowest BCUT2D eigenvalue weighted by molar-refractivity contribution is -0.122. The summed E-state index contributed by atoms with van der Waals surface area (Å²) in [5.74, 6) is 1.57.